The van der Waals surface area contributed by atoms with Crippen LogP contribution in [0.5, 0.6) is 0 Å². The molecule has 1 aromatic heterocycles. The molecule has 1 rings (SSSR count). The molecule has 2 N–H and O–H groups in total. The van der Waals surface area contributed by atoms with E-state index in [1.165, 1.54) is 6.92 Å². The lowest BCUT2D eigenvalue weighted by Gasteiger charge is -2.19. The first-order chi connectivity index (χ1) is 6.91. The molecule has 0 aliphatic carbocycles. The second-order valence-corrected chi connectivity index (χ2v) is 5.19. The summed E-state index contributed by atoms with van der Waals surface area (Å²) in [6.45, 7) is 5.57. The number of hydrogen-bond donors (Lipinski definition) is 2. The van der Waals surface area contributed by atoms with Crippen molar-refractivity contribution in [1.29, 1.82) is 0 Å². The molecule has 0 unspecified atom stereocenters. The number of amides is 1. The molecule has 0 aliphatic heterocycles. The summed E-state index contributed by atoms with van der Waals surface area (Å²) in [4.78, 5) is 18.4. The number of imidazole rings is 1. The van der Waals surface area contributed by atoms with Gasteiger partial charge in [0.1, 0.15) is 15.0 Å². The van der Waals surface area contributed by atoms with Crippen LogP contribution in [0.4, 0.5) is 0 Å². The minimum atomic E-state index is -0.0925. The van der Waals surface area contributed by atoms with Crippen LogP contribution in [-0.4, -0.2) is 15.9 Å². The first-order valence-corrected chi connectivity index (χ1v) is 6.18. The molecule has 1 heterocycles. The van der Waals surface area contributed by atoms with Crippen molar-refractivity contribution in [3.05, 3.63) is 15.0 Å². The number of halogens is 2. The molecule has 0 spiro atoms. The fourth-order valence-electron chi connectivity index (χ4n) is 1.26. The summed E-state index contributed by atoms with van der Waals surface area (Å²) >= 11 is 6.62. The zero-order valence-electron chi connectivity index (χ0n) is 8.77. The highest BCUT2D eigenvalue weighted by atomic mass is 79.9. The quantitative estimate of drug-likeness (QED) is 0.890. The number of aromatic nitrogens is 2. The van der Waals surface area contributed by atoms with E-state index in [2.05, 4.69) is 47.1 Å². The Morgan fingerprint density at radius 1 is 1.47 bits per heavy atom. The number of rotatable bonds is 3. The van der Waals surface area contributed by atoms with Crippen molar-refractivity contribution in [3.8, 4) is 0 Å². The van der Waals surface area contributed by atoms with Gasteiger partial charge in [-0.1, -0.05) is 13.8 Å². The third kappa shape index (κ3) is 3.31. The largest absolute Gasteiger partial charge is 0.346 e. The molecule has 1 aromatic rings. The van der Waals surface area contributed by atoms with E-state index >= 15 is 0 Å². The minimum Gasteiger partial charge on any atom is -0.346 e. The molecular weight excluding hydrogens is 326 g/mol. The van der Waals surface area contributed by atoms with Crippen LogP contribution in [0.15, 0.2) is 9.21 Å². The van der Waals surface area contributed by atoms with E-state index in [-0.39, 0.29) is 17.9 Å². The highest BCUT2D eigenvalue weighted by Crippen LogP contribution is 2.25. The summed E-state index contributed by atoms with van der Waals surface area (Å²) < 4.78 is 1.50. The summed E-state index contributed by atoms with van der Waals surface area (Å²) in [5, 5.41) is 2.86. The number of aromatic amines is 1. The Morgan fingerprint density at radius 2 is 2.07 bits per heavy atom. The monoisotopic (exact) mass is 337 g/mol. The Hall–Kier alpha value is -0.360. The van der Waals surface area contributed by atoms with Gasteiger partial charge in [-0.25, -0.2) is 4.98 Å². The number of nitrogens with one attached hydrogen (secondary N) is 2. The summed E-state index contributed by atoms with van der Waals surface area (Å²) in [7, 11) is 0. The van der Waals surface area contributed by atoms with Crippen LogP contribution >= 0.6 is 31.9 Å². The second-order valence-electron chi connectivity index (χ2n) is 3.65. The van der Waals surface area contributed by atoms with Gasteiger partial charge in [0.15, 0.2) is 0 Å². The molecule has 0 saturated heterocycles. The first kappa shape index (κ1) is 12.7. The summed E-state index contributed by atoms with van der Waals surface area (Å²) in [5.74, 6) is 0.968. The average Bonchev–Trinajstić information content (AvgIpc) is 2.42. The third-order valence-electron chi connectivity index (χ3n) is 1.96. The van der Waals surface area contributed by atoms with Crippen LogP contribution < -0.4 is 5.32 Å². The third-order valence-corrected chi connectivity index (χ3v) is 3.64. The van der Waals surface area contributed by atoms with Crippen molar-refractivity contribution in [2.75, 3.05) is 0 Å². The van der Waals surface area contributed by atoms with Crippen LogP contribution in [0, 0.1) is 5.92 Å². The predicted octanol–water partition coefficient (Wildman–Crippen LogP) is 2.77. The summed E-state index contributed by atoms with van der Waals surface area (Å²) in [5.41, 5.74) is 0. The topological polar surface area (TPSA) is 57.8 Å². The van der Waals surface area contributed by atoms with Gasteiger partial charge >= 0.3 is 0 Å². The van der Waals surface area contributed by atoms with Crippen LogP contribution in [0.2, 0.25) is 0 Å². The molecule has 0 aliphatic rings. The maximum Gasteiger partial charge on any atom is 0.217 e. The Labute approximate surface area is 105 Å². The van der Waals surface area contributed by atoms with Gasteiger partial charge in [-0.05, 0) is 37.8 Å². The van der Waals surface area contributed by atoms with Crippen molar-refractivity contribution in [1.82, 2.24) is 15.3 Å². The van der Waals surface area contributed by atoms with E-state index in [0.29, 0.717) is 4.60 Å². The Balaban J connectivity index is 2.93. The van der Waals surface area contributed by atoms with Gasteiger partial charge in [0.25, 0.3) is 0 Å². The predicted molar refractivity (Wildman–Crippen MR) is 65.4 cm³/mol. The zero-order chi connectivity index (χ0) is 11.6. The number of carbonyl (C=O) groups is 1. The molecule has 0 saturated carbocycles. The van der Waals surface area contributed by atoms with E-state index in [4.69, 9.17) is 0 Å². The fraction of sp³-hybridized carbons (Fsp3) is 0.556. The molecule has 84 valence electrons. The first-order valence-electron chi connectivity index (χ1n) is 4.59. The average molecular weight is 339 g/mol. The van der Waals surface area contributed by atoms with E-state index < -0.39 is 0 Å². The zero-order valence-corrected chi connectivity index (χ0v) is 11.9. The van der Waals surface area contributed by atoms with Gasteiger partial charge < -0.3 is 10.3 Å². The minimum absolute atomic E-state index is 0.0580. The van der Waals surface area contributed by atoms with Crippen LogP contribution in [-0.2, 0) is 4.79 Å². The Kier molecular flexibility index (Phi) is 4.33. The number of carbonyl (C=O) groups excluding carboxylic acids is 1. The molecule has 6 heteroatoms. The highest BCUT2D eigenvalue weighted by molar-refractivity contribution is 9.13. The van der Waals surface area contributed by atoms with E-state index in [0.717, 1.165) is 10.4 Å². The molecule has 1 atom stereocenters. The van der Waals surface area contributed by atoms with Crippen molar-refractivity contribution in [3.63, 3.8) is 0 Å². The van der Waals surface area contributed by atoms with Crippen LogP contribution in [0.1, 0.15) is 32.6 Å². The van der Waals surface area contributed by atoms with Crippen LogP contribution in [0.25, 0.3) is 0 Å². The molecule has 0 fully saturated rings. The van der Waals surface area contributed by atoms with Gasteiger partial charge in [-0.15, -0.1) is 0 Å². The number of hydrogen-bond acceptors (Lipinski definition) is 2. The maximum atomic E-state index is 11.0. The Bertz CT molecular complexity index is 343. The fourth-order valence-corrected chi connectivity index (χ4v) is 1.85. The molecule has 15 heavy (non-hydrogen) atoms. The van der Waals surface area contributed by atoms with Crippen molar-refractivity contribution in [2.45, 2.75) is 26.8 Å². The molecule has 0 bridgehead atoms. The maximum absolute atomic E-state index is 11.0. The van der Waals surface area contributed by atoms with Crippen LogP contribution in [0.3, 0.4) is 0 Å². The molecule has 4 nitrogen and oxygen atoms in total. The highest BCUT2D eigenvalue weighted by Gasteiger charge is 2.21. The van der Waals surface area contributed by atoms with E-state index in [1.807, 2.05) is 13.8 Å². The number of H-pyrrole nitrogens is 1. The van der Waals surface area contributed by atoms with E-state index in [1.54, 1.807) is 0 Å². The smallest absolute Gasteiger partial charge is 0.217 e. The van der Waals surface area contributed by atoms with E-state index in [9.17, 15) is 4.79 Å². The van der Waals surface area contributed by atoms with Gasteiger partial charge in [-0.2, -0.15) is 0 Å². The standard InChI is InChI=1S/C9H13Br2N3O/c1-4(2)6(12-5(3)15)9-13-7(10)8(11)14-9/h4,6H,1-3H3,(H,12,15)(H,13,14)/t6-/m0/s1. The lowest BCUT2D eigenvalue weighted by Crippen LogP contribution is -2.30. The Morgan fingerprint density at radius 3 is 2.40 bits per heavy atom. The van der Waals surface area contributed by atoms with Crippen molar-refractivity contribution >= 4 is 37.8 Å². The summed E-state index contributed by atoms with van der Waals surface area (Å²) in [6, 6.07) is -0.0925. The SMILES string of the molecule is CC(=O)N[C@H](c1nc(Br)c(Br)[nH]1)C(C)C. The lowest BCUT2D eigenvalue weighted by atomic mass is 10.0. The van der Waals surface area contributed by atoms with Gasteiger partial charge in [0.05, 0.1) is 6.04 Å². The van der Waals surface area contributed by atoms with Gasteiger partial charge in [0.2, 0.25) is 5.91 Å². The molecular formula is C9H13Br2N3O. The molecule has 0 radical (unpaired) electrons. The van der Waals surface area contributed by atoms with Gasteiger partial charge in [-0.3, -0.25) is 4.79 Å². The summed E-state index contributed by atoms with van der Waals surface area (Å²) in [6.07, 6.45) is 0. The molecule has 1 amide bonds. The lowest BCUT2D eigenvalue weighted by molar-refractivity contribution is -0.120. The van der Waals surface area contributed by atoms with Crippen molar-refractivity contribution < 1.29 is 4.79 Å². The van der Waals surface area contributed by atoms with Gasteiger partial charge in [0, 0.05) is 6.92 Å². The number of nitrogens with zero attached hydrogens (tertiary/aromatic N) is 1. The van der Waals surface area contributed by atoms with Crippen molar-refractivity contribution in [2.24, 2.45) is 5.92 Å². The second kappa shape index (κ2) is 5.12. The normalized spacial score (nSPS) is 12.9. The molecule has 0 aromatic carbocycles.